The molecular weight excluding hydrogens is 224 g/mol. The topological polar surface area (TPSA) is 26.7 Å². The van der Waals surface area contributed by atoms with Crippen LogP contribution in [-0.2, 0) is 13.2 Å². The molecule has 0 unspecified atom stereocenters. The zero-order valence-corrected chi connectivity index (χ0v) is 11.7. The minimum atomic E-state index is 0.127. The van der Waals surface area contributed by atoms with E-state index in [2.05, 4.69) is 42.8 Å². The van der Waals surface area contributed by atoms with Crippen molar-refractivity contribution in [3.8, 4) is 0 Å². The maximum Gasteiger partial charge on any atom is 0.0681 e. The van der Waals surface area contributed by atoms with Crippen molar-refractivity contribution in [2.75, 3.05) is 26.7 Å². The van der Waals surface area contributed by atoms with Gasteiger partial charge in [-0.1, -0.05) is 24.3 Å². The molecule has 1 N–H and O–H groups in total. The van der Waals surface area contributed by atoms with E-state index < -0.39 is 0 Å². The lowest BCUT2D eigenvalue weighted by molar-refractivity contribution is 0.0360. The maximum absolute atomic E-state index is 9.03. The summed E-state index contributed by atoms with van der Waals surface area (Å²) >= 11 is 0. The lowest BCUT2D eigenvalue weighted by Crippen LogP contribution is -2.57. The highest BCUT2D eigenvalue weighted by Crippen LogP contribution is 2.20. The van der Waals surface area contributed by atoms with Gasteiger partial charge in [0.1, 0.15) is 0 Å². The molecule has 1 aliphatic rings. The Morgan fingerprint density at radius 2 is 1.72 bits per heavy atom. The van der Waals surface area contributed by atoms with Gasteiger partial charge in [0.25, 0.3) is 0 Å². The Kier molecular flexibility index (Phi) is 4.05. The molecule has 0 bridgehead atoms. The third-order valence-electron chi connectivity index (χ3n) is 4.01. The summed E-state index contributed by atoms with van der Waals surface area (Å²) in [7, 11) is 2.20. The van der Waals surface area contributed by atoms with Crippen LogP contribution in [0.2, 0.25) is 0 Å². The number of benzene rings is 1. The first-order chi connectivity index (χ1) is 8.51. The van der Waals surface area contributed by atoms with E-state index >= 15 is 0 Å². The molecule has 1 fully saturated rings. The zero-order chi connectivity index (χ0) is 13.2. The summed E-state index contributed by atoms with van der Waals surface area (Å²) in [6, 6.07) is 8.26. The second-order valence-electron chi connectivity index (χ2n) is 5.92. The van der Waals surface area contributed by atoms with Crippen LogP contribution in [0.5, 0.6) is 0 Å². The molecule has 18 heavy (non-hydrogen) atoms. The van der Waals surface area contributed by atoms with Crippen LogP contribution >= 0.6 is 0 Å². The number of nitrogens with zero attached hydrogens (tertiary/aromatic N) is 2. The number of aliphatic hydroxyl groups excluding tert-OH is 1. The second kappa shape index (κ2) is 5.39. The van der Waals surface area contributed by atoms with E-state index in [0.29, 0.717) is 0 Å². The normalized spacial score (nSPS) is 21.1. The molecule has 1 aromatic carbocycles. The Morgan fingerprint density at radius 1 is 1.11 bits per heavy atom. The summed E-state index contributed by atoms with van der Waals surface area (Å²) in [5, 5.41) is 9.03. The summed E-state index contributed by atoms with van der Waals surface area (Å²) in [4.78, 5) is 4.94. The molecule has 1 aromatic rings. The predicted molar refractivity (Wildman–Crippen MR) is 74.4 cm³/mol. The van der Waals surface area contributed by atoms with Gasteiger partial charge in [0.2, 0.25) is 0 Å². The maximum atomic E-state index is 9.03. The highest BCUT2D eigenvalue weighted by molar-refractivity contribution is 5.22. The molecule has 1 heterocycles. The molecule has 0 atom stereocenters. The van der Waals surface area contributed by atoms with E-state index in [1.165, 1.54) is 5.56 Å². The van der Waals surface area contributed by atoms with Gasteiger partial charge in [-0.05, 0) is 32.0 Å². The van der Waals surface area contributed by atoms with Crippen molar-refractivity contribution in [1.82, 2.24) is 9.80 Å². The fourth-order valence-corrected chi connectivity index (χ4v) is 2.48. The lowest BCUT2D eigenvalue weighted by Gasteiger charge is -2.45. The van der Waals surface area contributed by atoms with E-state index in [1.807, 2.05) is 12.1 Å². The molecule has 1 saturated heterocycles. The molecular formula is C15H24N2O. The van der Waals surface area contributed by atoms with Gasteiger partial charge in [-0.3, -0.25) is 9.80 Å². The number of likely N-dealkylation sites (N-methyl/N-ethyl adjacent to an activating group) is 1. The van der Waals surface area contributed by atoms with Gasteiger partial charge in [0, 0.05) is 31.7 Å². The second-order valence-corrected chi connectivity index (χ2v) is 5.92. The highest BCUT2D eigenvalue weighted by Gasteiger charge is 2.30. The summed E-state index contributed by atoms with van der Waals surface area (Å²) in [5.74, 6) is 0. The Balaban J connectivity index is 1.97. The predicted octanol–water partition coefficient (Wildman–Crippen LogP) is 1.70. The number of hydrogen-bond acceptors (Lipinski definition) is 3. The van der Waals surface area contributed by atoms with Crippen molar-refractivity contribution in [2.24, 2.45) is 0 Å². The van der Waals surface area contributed by atoms with Gasteiger partial charge in [-0.25, -0.2) is 0 Å². The Hall–Kier alpha value is -0.900. The first kappa shape index (κ1) is 13.5. The van der Waals surface area contributed by atoms with Crippen LogP contribution in [0.4, 0.5) is 0 Å². The van der Waals surface area contributed by atoms with Crippen LogP contribution < -0.4 is 0 Å². The smallest absolute Gasteiger partial charge is 0.0681 e. The first-order valence-electron chi connectivity index (χ1n) is 6.63. The van der Waals surface area contributed by atoms with E-state index in [-0.39, 0.29) is 12.1 Å². The molecule has 3 nitrogen and oxygen atoms in total. The third kappa shape index (κ3) is 3.10. The Morgan fingerprint density at radius 3 is 2.28 bits per heavy atom. The zero-order valence-electron chi connectivity index (χ0n) is 11.7. The molecule has 0 radical (unpaired) electrons. The number of piperazine rings is 1. The molecule has 3 heteroatoms. The largest absolute Gasteiger partial charge is 0.392 e. The van der Waals surface area contributed by atoms with Gasteiger partial charge in [0.15, 0.2) is 0 Å². The van der Waals surface area contributed by atoms with Crippen molar-refractivity contribution in [1.29, 1.82) is 0 Å². The van der Waals surface area contributed by atoms with Crippen LogP contribution in [0.1, 0.15) is 25.0 Å². The van der Waals surface area contributed by atoms with Crippen LogP contribution in [0.3, 0.4) is 0 Å². The lowest BCUT2D eigenvalue weighted by atomic mass is 9.99. The fourth-order valence-electron chi connectivity index (χ4n) is 2.48. The molecule has 0 saturated carbocycles. The van der Waals surface area contributed by atoms with Crippen LogP contribution in [0, 0.1) is 0 Å². The summed E-state index contributed by atoms with van der Waals surface area (Å²) < 4.78 is 0. The van der Waals surface area contributed by atoms with Gasteiger partial charge in [0.05, 0.1) is 6.61 Å². The number of aliphatic hydroxyl groups is 1. The molecule has 100 valence electrons. The van der Waals surface area contributed by atoms with Gasteiger partial charge in [-0.15, -0.1) is 0 Å². The van der Waals surface area contributed by atoms with E-state index in [0.717, 1.165) is 31.7 Å². The van der Waals surface area contributed by atoms with Gasteiger partial charge < -0.3 is 5.11 Å². The number of hydrogen-bond donors (Lipinski definition) is 1. The average molecular weight is 248 g/mol. The van der Waals surface area contributed by atoms with Crippen molar-refractivity contribution in [2.45, 2.75) is 32.5 Å². The molecule has 0 aromatic heterocycles. The quantitative estimate of drug-likeness (QED) is 0.882. The Labute approximate surface area is 110 Å². The fraction of sp³-hybridized carbons (Fsp3) is 0.600. The first-order valence-corrected chi connectivity index (χ1v) is 6.63. The van der Waals surface area contributed by atoms with Crippen molar-refractivity contribution in [3.05, 3.63) is 35.4 Å². The van der Waals surface area contributed by atoms with Crippen molar-refractivity contribution < 1.29 is 5.11 Å². The molecule has 0 amide bonds. The van der Waals surface area contributed by atoms with Crippen LogP contribution in [0.15, 0.2) is 24.3 Å². The van der Waals surface area contributed by atoms with E-state index in [4.69, 9.17) is 5.11 Å². The number of rotatable bonds is 3. The molecule has 2 rings (SSSR count). The average Bonchev–Trinajstić information content (AvgIpc) is 2.34. The minimum Gasteiger partial charge on any atom is -0.392 e. The molecule has 0 aliphatic carbocycles. The summed E-state index contributed by atoms with van der Waals surface area (Å²) in [5.41, 5.74) is 2.56. The highest BCUT2D eigenvalue weighted by atomic mass is 16.3. The van der Waals surface area contributed by atoms with Crippen molar-refractivity contribution >= 4 is 0 Å². The molecule has 0 spiro atoms. The van der Waals surface area contributed by atoms with Crippen molar-refractivity contribution in [3.63, 3.8) is 0 Å². The van der Waals surface area contributed by atoms with E-state index in [9.17, 15) is 0 Å². The van der Waals surface area contributed by atoms with Gasteiger partial charge >= 0.3 is 0 Å². The molecule has 1 aliphatic heterocycles. The third-order valence-corrected chi connectivity index (χ3v) is 4.01. The summed E-state index contributed by atoms with van der Waals surface area (Å²) in [6.45, 7) is 9.08. The minimum absolute atomic E-state index is 0.127. The Bertz CT molecular complexity index is 386. The van der Waals surface area contributed by atoms with E-state index in [1.54, 1.807) is 0 Å². The SMILES string of the molecule is CN1CCN(Cc2ccc(CO)cc2)CC1(C)C. The summed E-state index contributed by atoms with van der Waals surface area (Å²) in [6.07, 6.45) is 0. The van der Waals surface area contributed by atoms with Crippen LogP contribution in [0.25, 0.3) is 0 Å². The van der Waals surface area contributed by atoms with Crippen LogP contribution in [-0.4, -0.2) is 47.1 Å². The monoisotopic (exact) mass is 248 g/mol. The standard InChI is InChI=1S/C15H24N2O/c1-15(2)12-17(9-8-16(15)3)10-13-4-6-14(11-18)7-5-13/h4-7,18H,8-12H2,1-3H3. The van der Waals surface area contributed by atoms with Gasteiger partial charge in [-0.2, -0.15) is 0 Å².